The molecule has 1 fully saturated rings. The molecule has 1 saturated heterocycles. The molecule has 0 aromatic carbocycles. The van der Waals surface area contributed by atoms with Crippen LogP contribution in [0.2, 0.25) is 0 Å². The van der Waals surface area contributed by atoms with Crippen LogP contribution in [0, 0.1) is 11.8 Å². The van der Waals surface area contributed by atoms with Crippen LogP contribution in [-0.2, 0) is 4.79 Å². The maximum atomic E-state index is 11.6. The lowest BCUT2D eigenvalue weighted by molar-refractivity contribution is -0.142. The summed E-state index contributed by atoms with van der Waals surface area (Å²) in [6, 6.07) is 0. The molecule has 0 aliphatic carbocycles. The summed E-state index contributed by atoms with van der Waals surface area (Å²) in [5, 5.41) is 9.79. The number of hydrogen-bond donors (Lipinski definition) is 1. The van der Waals surface area contributed by atoms with Crippen molar-refractivity contribution in [2.75, 3.05) is 13.6 Å². The van der Waals surface area contributed by atoms with Gasteiger partial charge >= 0.3 is 0 Å². The number of likely N-dealkylation sites (tertiary alicyclic amines) is 1. The van der Waals surface area contributed by atoms with E-state index in [9.17, 15) is 9.90 Å². The third kappa shape index (κ3) is 2.21. The second-order valence-corrected chi connectivity index (χ2v) is 4.24. The number of aliphatic hydroxyl groups excluding tert-OH is 1. The lowest BCUT2D eigenvalue weighted by atomic mass is 9.86. The van der Waals surface area contributed by atoms with Gasteiger partial charge in [0.2, 0.25) is 5.91 Å². The Morgan fingerprint density at radius 1 is 1.54 bits per heavy atom. The van der Waals surface area contributed by atoms with Crippen molar-refractivity contribution in [2.45, 2.75) is 32.8 Å². The van der Waals surface area contributed by atoms with Gasteiger partial charge in [-0.15, -0.1) is 0 Å². The maximum Gasteiger partial charge on any atom is 0.228 e. The number of nitrogens with zero attached hydrogens (tertiary/aromatic N) is 1. The molecule has 3 nitrogen and oxygen atoms in total. The highest BCUT2D eigenvalue weighted by atomic mass is 16.3. The van der Waals surface area contributed by atoms with E-state index >= 15 is 0 Å². The molecule has 1 heterocycles. The van der Waals surface area contributed by atoms with Crippen LogP contribution in [-0.4, -0.2) is 35.6 Å². The third-order valence-electron chi connectivity index (χ3n) is 2.80. The second kappa shape index (κ2) is 4.09. The summed E-state index contributed by atoms with van der Waals surface area (Å²) in [5.41, 5.74) is 0. The van der Waals surface area contributed by atoms with Crippen molar-refractivity contribution in [3.63, 3.8) is 0 Å². The SMILES string of the molecule is CC(C)C(O)C1CCCN(C)C1=O. The fourth-order valence-electron chi connectivity index (χ4n) is 1.85. The van der Waals surface area contributed by atoms with Crippen LogP contribution in [0.3, 0.4) is 0 Å². The average molecular weight is 185 g/mol. The van der Waals surface area contributed by atoms with Crippen molar-refractivity contribution < 1.29 is 9.90 Å². The van der Waals surface area contributed by atoms with E-state index in [0.717, 1.165) is 19.4 Å². The third-order valence-corrected chi connectivity index (χ3v) is 2.80. The molecule has 0 bridgehead atoms. The van der Waals surface area contributed by atoms with Gasteiger partial charge in [-0.25, -0.2) is 0 Å². The molecule has 2 atom stereocenters. The number of hydrogen-bond acceptors (Lipinski definition) is 2. The number of amides is 1. The Morgan fingerprint density at radius 3 is 2.69 bits per heavy atom. The Hall–Kier alpha value is -0.570. The molecular formula is C10H19NO2. The average Bonchev–Trinajstić information content (AvgIpc) is 2.08. The smallest absolute Gasteiger partial charge is 0.228 e. The topological polar surface area (TPSA) is 40.5 Å². The van der Waals surface area contributed by atoms with Gasteiger partial charge < -0.3 is 10.0 Å². The molecule has 0 aromatic rings. The van der Waals surface area contributed by atoms with E-state index in [2.05, 4.69) is 0 Å². The Labute approximate surface area is 79.7 Å². The van der Waals surface area contributed by atoms with Crippen LogP contribution >= 0.6 is 0 Å². The van der Waals surface area contributed by atoms with E-state index in [1.165, 1.54) is 0 Å². The molecular weight excluding hydrogens is 166 g/mol. The van der Waals surface area contributed by atoms with Crippen LogP contribution in [0.1, 0.15) is 26.7 Å². The van der Waals surface area contributed by atoms with E-state index in [0.29, 0.717) is 0 Å². The van der Waals surface area contributed by atoms with Gasteiger partial charge in [-0.05, 0) is 18.8 Å². The van der Waals surface area contributed by atoms with Crippen molar-refractivity contribution >= 4 is 5.91 Å². The van der Waals surface area contributed by atoms with E-state index in [-0.39, 0.29) is 17.7 Å². The van der Waals surface area contributed by atoms with Crippen molar-refractivity contribution in [2.24, 2.45) is 11.8 Å². The fraction of sp³-hybridized carbons (Fsp3) is 0.900. The van der Waals surface area contributed by atoms with Crippen LogP contribution in [0.4, 0.5) is 0 Å². The van der Waals surface area contributed by atoms with Crippen molar-refractivity contribution in [3.05, 3.63) is 0 Å². The minimum absolute atomic E-state index is 0.104. The lowest BCUT2D eigenvalue weighted by Gasteiger charge is -2.33. The largest absolute Gasteiger partial charge is 0.392 e. The van der Waals surface area contributed by atoms with Crippen LogP contribution in [0.25, 0.3) is 0 Å². The number of piperidine rings is 1. The molecule has 76 valence electrons. The summed E-state index contributed by atoms with van der Waals surface area (Å²) in [5.74, 6) is 0.103. The zero-order chi connectivity index (χ0) is 10.0. The summed E-state index contributed by atoms with van der Waals surface area (Å²) in [7, 11) is 1.81. The number of carbonyl (C=O) groups excluding carboxylic acids is 1. The molecule has 13 heavy (non-hydrogen) atoms. The van der Waals surface area contributed by atoms with Crippen molar-refractivity contribution in [1.82, 2.24) is 4.90 Å². The van der Waals surface area contributed by atoms with Gasteiger partial charge in [0.1, 0.15) is 0 Å². The molecule has 0 aromatic heterocycles. The van der Waals surface area contributed by atoms with E-state index in [1.807, 2.05) is 20.9 Å². The molecule has 2 unspecified atom stereocenters. The van der Waals surface area contributed by atoms with E-state index in [1.54, 1.807) is 4.90 Å². The normalized spacial score (nSPS) is 26.7. The van der Waals surface area contributed by atoms with Gasteiger partial charge in [-0.2, -0.15) is 0 Å². The Bertz CT molecular complexity index is 191. The molecule has 1 N–H and O–H groups in total. The highest BCUT2D eigenvalue weighted by Crippen LogP contribution is 2.23. The maximum absolute atomic E-state index is 11.6. The summed E-state index contributed by atoms with van der Waals surface area (Å²) in [6.07, 6.45) is 1.37. The van der Waals surface area contributed by atoms with Gasteiger partial charge in [0, 0.05) is 13.6 Å². The number of aliphatic hydroxyl groups is 1. The summed E-state index contributed by atoms with van der Waals surface area (Å²) in [6.45, 7) is 4.74. The van der Waals surface area contributed by atoms with Gasteiger partial charge in [0.05, 0.1) is 12.0 Å². The summed E-state index contributed by atoms with van der Waals surface area (Å²) >= 11 is 0. The highest BCUT2D eigenvalue weighted by Gasteiger charge is 2.33. The van der Waals surface area contributed by atoms with Crippen LogP contribution in [0.15, 0.2) is 0 Å². The molecule has 0 saturated carbocycles. The summed E-state index contributed by atoms with van der Waals surface area (Å²) in [4.78, 5) is 13.4. The molecule has 3 heteroatoms. The molecule has 1 aliphatic rings. The van der Waals surface area contributed by atoms with Gasteiger partial charge in [0.15, 0.2) is 0 Å². The first kappa shape index (κ1) is 10.5. The molecule has 0 spiro atoms. The number of rotatable bonds is 2. The van der Waals surface area contributed by atoms with E-state index < -0.39 is 6.10 Å². The molecule has 1 amide bonds. The highest BCUT2D eigenvalue weighted by molar-refractivity contribution is 5.79. The molecule has 1 rings (SSSR count). The molecule has 1 aliphatic heterocycles. The van der Waals surface area contributed by atoms with Gasteiger partial charge in [-0.1, -0.05) is 13.8 Å². The minimum Gasteiger partial charge on any atom is -0.392 e. The zero-order valence-corrected chi connectivity index (χ0v) is 8.66. The van der Waals surface area contributed by atoms with Crippen LogP contribution in [0.5, 0.6) is 0 Å². The molecule has 0 radical (unpaired) electrons. The van der Waals surface area contributed by atoms with Crippen molar-refractivity contribution in [1.29, 1.82) is 0 Å². The first-order valence-corrected chi connectivity index (χ1v) is 4.97. The Kier molecular flexibility index (Phi) is 3.31. The van der Waals surface area contributed by atoms with Crippen LogP contribution < -0.4 is 0 Å². The Morgan fingerprint density at radius 2 is 2.15 bits per heavy atom. The second-order valence-electron chi connectivity index (χ2n) is 4.24. The van der Waals surface area contributed by atoms with Crippen molar-refractivity contribution in [3.8, 4) is 0 Å². The predicted octanol–water partition coefficient (Wildman–Crippen LogP) is 0.872. The lowest BCUT2D eigenvalue weighted by Crippen LogP contribution is -2.44. The van der Waals surface area contributed by atoms with Gasteiger partial charge in [-0.3, -0.25) is 4.79 Å². The minimum atomic E-state index is -0.477. The predicted molar refractivity (Wildman–Crippen MR) is 51.2 cm³/mol. The standard InChI is InChI=1S/C10H19NO2/c1-7(2)9(12)8-5-4-6-11(3)10(8)13/h7-9,12H,4-6H2,1-3H3. The first-order valence-electron chi connectivity index (χ1n) is 4.97. The fourth-order valence-corrected chi connectivity index (χ4v) is 1.85. The monoisotopic (exact) mass is 185 g/mol. The van der Waals surface area contributed by atoms with Gasteiger partial charge in [0.25, 0.3) is 0 Å². The summed E-state index contributed by atoms with van der Waals surface area (Å²) < 4.78 is 0. The van der Waals surface area contributed by atoms with E-state index in [4.69, 9.17) is 0 Å². The quantitative estimate of drug-likeness (QED) is 0.693. The first-order chi connectivity index (χ1) is 6.04. The zero-order valence-electron chi connectivity index (χ0n) is 8.66. The Balaban J connectivity index is 2.62. The number of carbonyl (C=O) groups is 1.